The Morgan fingerprint density at radius 2 is 1.78 bits per heavy atom. The highest BCUT2D eigenvalue weighted by Crippen LogP contribution is 2.27. The van der Waals surface area contributed by atoms with Gasteiger partial charge in [0.05, 0.1) is 5.25 Å². The Labute approximate surface area is 188 Å². The molecular formula is C23H22FN5O2S. The molecule has 7 nitrogen and oxygen atoms in total. The van der Waals surface area contributed by atoms with Gasteiger partial charge in [-0.25, -0.2) is 4.39 Å². The SMILES string of the molecule is CCC(Sc1nnc2c(=O)n(-c3ccc(F)cc3)ccn12)C(=O)Nc1c(C)cccc1C. The maximum atomic E-state index is 13.2. The van der Waals surface area contributed by atoms with E-state index in [2.05, 4.69) is 15.5 Å². The zero-order valence-electron chi connectivity index (χ0n) is 17.9. The number of anilines is 1. The van der Waals surface area contributed by atoms with Crippen molar-refractivity contribution in [3.8, 4) is 5.69 Å². The zero-order valence-corrected chi connectivity index (χ0v) is 18.7. The summed E-state index contributed by atoms with van der Waals surface area (Å²) in [6, 6.07) is 11.5. The molecule has 2 aromatic carbocycles. The lowest BCUT2D eigenvalue weighted by Gasteiger charge is -2.16. The third-order valence-corrected chi connectivity index (χ3v) is 6.51. The molecule has 1 unspecified atom stereocenters. The number of aromatic nitrogens is 4. The van der Waals surface area contributed by atoms with Crippen LogP contribution in [0.15, 0.2) is 64.8 Å². The molecule has 164 valence electrons. The van der Waals surface area contributed by atoms with Crippen molar-refractivity contribution in [2.75, 3.05) is 5.32 Å². The van der Waals surface area contributed by atoms with Crippen LogP contribution >= 0.6 is 11.8 Å². The molecule has 0 aliphatic carbocycles. The van der Waals surface area contributed by atoms with Gasteiger partial charge in [-0.1, -0.05) is 36.9 Å². The van der Waals surface area contributed by atoms with Crippen molar-refractivity contribution in [1.82, 2.24) is 19.2 Å². The third kappa shape index (κ3) is 4.16. The predicted octanol–water partition coefficient (Wildman–Crippen LogP) is 4.15. The number of nitrogens with one attached hydrogen (secondary N) is 1. The first-order valence-corrected chi connectivity index (χ1v) is 11.0. The van der Waals surface area contributed by atoms with E-state index in [9.17, 15) is 14.0 Å². The van der Waals surface area contributed by atoms with Gasteiger partial charge in [0.2, 0.25) is 11.6 Å². The summed E-state index contributed by atoms with van der Waals surface area (Å²) in [5.74, 6) is -0.514. The van der Waals surface area contributed by atoms with E-state index in [1.165, 1.54) is 40.6 Å². The van der Waals surface area contributed by atoms with Gasteiger partial charge in [-0.15, -0.1) is 10.2 Å². The van der Waals surface area contributed by atoms with Gasteiger partial charge in [0.25, 0.3) is 0 Å². The quantitative estimate of drug-likeness (QED) is 0.446. The summed E-state index contributed by atoms with van der Waals surface area (Å²) >= 11 is 1.26. The molecule has 0 fully saturated rings. The first-order valence-electron chi connectivity index (χ1n) is 10.1. The number of hydrogen-bond donors (Lipinski definition) is 1. The van der Waals surface area contributed by atoms with E-state index < -0.39 is 5.25 Å². The van der Waals surface area contributed by atoms with Gasteiger partial charge in [0.1, 0.15) is 5.82 Å². The molecule has 4 rings (SSSR count). The summed E-state index contributed by atoms with van der Waals surface area (Å²) in [6.07, 6.45) is 3.81. The minimum absolute atomic E-state index is 0.129. The van der Waals surface area contributed by atoms with Crippen molar-refractivity contribution >= 4 is 29.0 Å². The predicted molar refractivity (Wildman–Crippen MR) is 123 cm³/mol. The van der Waals surface area contributed by atoms with Crippen LogP contribution in [-0.2, 0) is 4.79 Å². The molecule has 2 heterocycles. The lowest BCUT2D eigenvalue weighted by Crippen LogP contribution is -2.26. The normalized spacial score (nSPS) is 12.1. The minimum Gasteiger partial charge on any atom is -0.325 e. The summed E-state index contributed by atoms with van der Waals surface area (Å²) in [5.41, 5.74) is 3.07. The summed E-state index contributed by atoms with van der Waals surface area (Å²) in [7, 11) is 0. The molecule has 1 N–H and O–H groups in total. The van der Waals surface area contributed by atoms with E-state index in [0.29, 0.717) is 17.3 Å². The number of hydrogen-bond acceptors (Lipinski definition) is 5. The summed E-state index contributed by atoms with van der Waals surface area (Å²) < 4.78 is 16.2. The number of aryl methyl sites for hydroxylation is 2. The highest BCUT2D eigenvalue weighted by molar-refractivity contribution is 8.00. The molecule has 1 amide bonds. The summed E-state index contributed by atoms with van der Waals surface area (Å²) in [5, 5.41) is 11.2. The Morgan fingerprint density at radius 3 is 2.44 bits per heavy atom. The summed E-state index contributed by atoms with van der Waals surface area (Å²) in [6.45, 7) is 5.83. The first-order chi connectivity index (χ1) is 15.4. The van der Waals surface area contributed by atoms with Crippen LogP contribution in [0.3, 0.4) is 0 Å². The number of carbonyl (C=O) groups excluding carboxylic acids is 1. The number of benzene rings is 2. The molecule has 0 saturated heterocycles. The van der Waals surface area contributed by atoms with Crippen LogP contribution in [0.2, 0.25) is 0 Å². The van der Waals surface area contributed by atoms with E-state index >= 15 is 0 Å². The van der Waals surface area contributed by atoms with Gasteiger partial charge in [-0.05, 0) is 55.7 Å². The van der Waals surface area contributed by atoms with E-state index in [1.807, 2.05) is 39.0 Å². The van der Waals surface area contributed by atoms with Crippen LogP contribution in [0.1, 0.15) is 24.5 Å². The Balaban J connectivity index is 1.60. The van der Waals surface area contributed by atoms with Gasteiger partial charge in [-0.2, -0.15) is 0 Å². The fourth-order valence-corrected chi connectivity index (χ4v) is 4.35. The second kappa shape index (κ2) is 8.96. The molecule has 1 atom stereocenters. The average Bonchev–Trinajstić information content (AvgIpc) is 3.19. The smallest absolute Gasteiger partial charge is 0.300 e. The van der Waals surface area contributed by atoms with Crippen molar-refractivity contribution in [1.29, 1.82) is 0 Å². The standard InChI is InChI=1S/C23H22FN5O2S/c1-4-18(21(30)25-19-14(2)6-5-7-15(19)3)32-23-27-26-20-22(31)28(12-13-29(20)23)17-10-8-16(24)9-11-17/h5-13,18H,4H2,1-3H3,(H,25,30). The van der Waals surface area contributed by atoms with Crippen LogP contribution in [0.25, 0.3) is 11.3 Å². The highest BCUT2D eigenvalue weighted by Gasteiger charge is 2.23. The number of para-hydroxylation sites is 1. The van der Waals surface area contributed by atoms with E-state index in [-0.39, 0.29) is 22.9 Å². The maximum Gasteiger partial charge on any atom is 0.300 e. The summed E-state index contributed by atoms with van der Waals surface area (Å²) in [4.78, 5) is 25.8. The Hall–Kier alpha value is -3.46. The minimum atomic E-state index is -0.416. The highest BCUT2D eigenvalue weighted by atomic mass is 32.2. The zero-order chi connectivity index (χ0) is 22.8. The molecule has 0 aliphatic rings. The third-order valence-electron chi connectivity index (χ3n) is 5.18. The molecule has 2 aromatic heterocycles. The van der Waals surface area contributed by atoms with Crippen LogP contribution in [0, 0.1) is 19.7 Å². The molecule has 4 aromatic rings. The molecule has 0 bridgehead atoms. The van der Waals surface area contributed by atoms with Gasteiger partial charge >= 0.3 is 5.56 Å². The van der Waals surface area contributed by atoms with Gasteiger partial charge in [0.15, 0.2) is 5.16 Å². The fourth-order valence-electron chi connectivity index (χ4n) is 3.42. The van der Waals surface area contributed by atoms with E-state index in [4.69, 9.17) is 0 Å². The lowest BCUT2D eigenvalue weighted by molar-refractivity contribution is -0.115. The molecule has 0 aliphatic heterocycles. The maximum absolute atomic E-state index is 13.2. The first kappa shape index (κ1) is 21.8. The number of nitrogens with zero attached hydrogens (tertiary/aromatic N) is 4. The molecular weight excluding hydrogens is 429 g/mol. The second-order valence-corrected chi connectivity index (χ2v) is 8.57. The van der Waals surface area contributed by atoms with E-state index in [0.717, 1.165) is 16.8 Å². The molecule has 0 spiro atoms. The Bertz CT molecular complexity index is 1330. The van der Waals surface area contributed by atoms with Crippen molar-refractivity contribution in [3.63, 3.8) is 0 Å². The van der Waals surface area contributed by atoms with Crippen LogP contribution in [0.4, 0.5) is 10.1 Å². The monoisotopic (exact) mass is 451 g/mol. The second-order valence-electron chi connectivity index (χ2n) is 7.40. The number of fused-ring (bicyclic) bond motifs is 1. The number of amides is 1. The number of halogens is 1. The topological polar surface area (TPSA) is 81.3 Å². The van der Waals surface area contributed by atoms with E-state index in [1.54, 1.807) is 16.8 Å². The largest absolute Gasteiger partial charge is 0.325 e. The average molecular weight is 452 g/mol. The Morgan fingerprint density at radius 1 is 1.09 bits per heavy atom. The molecule has 9 heteroatoms. The van der Waals surface area contributed by atoms with Crippen LogP contribution in [0.5, 0.6) is 0 Å². The molecule has 0 radical (unpaired) electrons. The van der Waals surface area contributed by atoms with Crippen LogP contribution in [-0.4, -0.2) is 30.3 Å². The van der Waals surface area contributed by atoms with Crippen molar-refractivity contribution in [3.05, 3.63) is 82.2 Å². The van der Waals surface area contributed by atoms with Gasteiger partial charge in [0, 0.05) is 23.8 Å². The molecule has 0 saturated carbocycles. The number of thioether (sulfide) groups is 1. The van der Waals surface area contributed by atoms with Crippen molar-refractivity contribution in [2.24, 2.45) is 0 Å². The lowest BCUT2D eigenvalue weighted by atomic mass is 10.1. The van der Waals surface area contributed by atoms with Gasteiger partial charge in [-0.3, -0.25) is 18.6 Å². The molecule has 32 heavy (non-hydrogen) atoms. The van der Waals surface area contributed by atoms with Crippen molar-refractivity contribution < 1.29 is 9.18 Å². The number of rotatable bonds is 6. The number of carbonyl (C=O) groups is 1. The Kier molecular flexibility index (Phi) is 6.09. The van der Waals surface area contributed by atoms with Crippen LogP contribution < -0.4 is 10.9 Å². The van der Waals surface area contributed by atoms with Crippen molar-refractivity contribution in [2.45, 2.75) is 37.6 Å². The van der Waals surface area contributed by atoms with Gasteiger partial charge < -0.3 is 5.32 Å². The fraction of sp³-hybridized carbons (Fsp3) is 0.217.